The van der Waals surface area contributed by atoms with E-state index in [1.165, 1.54) is 29.6 Å². The van der Waals surface area contributed by atoms with Crippen molar-refractivity contribution < 1.29 is 26.4 Å². The van der Waals surface area contributed by atoms with E-state index < -0.39 is 32.5 Å². The number of anilines is 1. The van der Waals surface area contributed by atoms with Crippen molar-refractivity contribution in [3.8, 4) is 5.75 Å². The molecule has 0 aromatic heterocycles. The summed E-state index contributed by atoms with van der Waals surface area (Å²) >= 11 is 6.15. The zero-order chi connectivity index (χ0) is 24.9. The SMILES string of the molecule is COc1ccc(S(=O)(=O)N2CCCCC2)cc1NC(=O)CN(Cc1ccccc1Cl)S(C)(=O)=O. The standard InChI is InChI=1S/C22H28ClN3O6S2/c1-32-21-11-10-18(34(30,31)25-12-6-3-7-13-25)14-20(21)24-22(27)16-26(33(2,28)29)15-17-8-4-5-9-19(17)23/h4-5,8-11,14H,3,6-7,12-13,15-16H2,1-2H3,(H,24,27). The van der Waals surface area contributed by atoms with Crippen molar-refractivity contribution in [3.63, 3.8) is 0 Å². The molecule has 1 heterocycles. The molecule has 186 valence electrons. The third-order valence-corrected chi connectivity index (χ3v) is 8.95. The number of piperidine rings is 1. The number of carbonyl (C=O) groups excluding carboxylic acids is 1. The van der Waals surface area contributed by atoms with Gasteiger partial charge in [0.1, 0.15) is 5.75 Å². The molecule has 1 fully saturated rings. The molecule has 1 saturated heterocycles. The lowest BCUT2D eigenvalue weighted by atomic mass is 10.2. The van der Waals surface area contributed by atoms with E-state index >= 15 is 0 Å². The summed E-state index contributed by atoms with van der Waals surface area (Å²) in [7, 11) is -6.09. The van der Waals surface area contributed by atoms with Gasteiger partial charge in [0.05, 0.1) is 30.5 Å². The van der Waals surface area contributed by atoms with Gasteiger partial charge in [0.15, 0.2) is 0 Å². The van der Waals surface area contributed by atoms with Gasteiger partial charge in [-0.15, -0.1) is 0 Å². The molecule has 2 aromatic rings. The quantitative estimate of drug-likeness (QED) is 0.534. The van der Waals surface area contributed by atoms with E-state index in [-0.39, 0.29) is 22.9 Å². The predicted molar refractivity (Wildman–Crippen MR) is 131 cm³/mol. The first-order chi connectivity index (χ1) is 16.0. The summed E-state index contributed by atoms with van der Waals surface area (Å²) in [6.07, 6.45) is 3.59. The van der Waals surface area contributed by atoms with Gasteiger partial charge in [-0.1, -0.05) is 36.2 Å². The topological polar surface area (TPSA) is 113 Å². The van der Waals surface area contributed by atoms with E-state index in [0.717, 1.165) is 29.8 Å². The third-order valence-electron chi connectivity index (χ3n) is 5.49. The second-order valence-corrected chi connectivity index (χ2v) is 12.3. The third kappa shape index (κ3) is 6.48. The maximum absolute atomic E-state index is 13.0. The van der Waals surface area contributed by atoms with Crippen LogP contribution in [0.4, 0.5) is 5.69 Å². The fourth-order valence-corrected chi connectivity index (χ4v) is 6.12. The first-order valence-corrected chi connectivity index (χ1v) is 14.4. The van der Waals surface area contributed by atoms with Crippen LogP contribution < -0.4 is 10.1 Å². The summed E-state index contributed by atoms with van der Waals surface area (Å²) in [6.45, 7) is 0.311. The number of hydrogen-bond acceptors (Lipinski definition) is 6. The van der Waals surface area contributed by atoms with Crippen LogP contribution in [-0.2, 0) is 31.4 Å². The Morgan fingerprint density at radius 1 is 1.09 bits per heavy atom. The van der Waals surface area contributed by atoms with Gasteiger partial charge in [0.25, 0.3) is 0 Å². The van der Waals surface area contributed by atoms with Crippen LogP contribution in [0.15, 0.2) is 47.4 Å². The van der Waals surface area contributed by atoms with Gasteiger partial charge in [-0.2, -0.15) is 8.61 Å². The Kier molecular flexibility index (Phi) is 8.58. The molecule has 0 unspecified atom stereocenters. The Morgan fingerprint density at radius 2 is 1.76 bits per heavy atom. The van der Waals surface area contributed by atoms with Gasteiger partial charge < -0.3 is 10.1 Å². The number of methoxy groups -OCH3 is 1. The van der Waals surface area contributed by atoms with Crippen LogP contribution in [0.5, 0.6) is 5.75 Å². The number of benzene rings is 2. The van der Waals surface area contributed by atoms with E-state index in [4.69, 9.17) is 16.3 Å². The number of nitrogens with one attached hydrogen (secondary N) is 1. The van der Waals surface area contributed by atoms with E-state index in [0.29, 0.717) is 23.7 Å². The normalized spacial score (nSPS) is 15.3. The molecular formula is C22H28ClN3O6S2. The van der Waals surface area contributed by atoms with Crippen molar-refractivity contribution in [3.05, 3.63) is 53.1 Å². The number of halogens is 1. The molecule has 0 bridgehead atoms. The van der Waals surface area contributed by atoms with Crippen molar-refractivity contribution in [2.24, 2.45) is 0 Å². The maximum atomic E-state index is 13.0. The number of rotatable bonds is 9. The molecule has 34 heavy (non-hydrogen) atoms. The van der Waals surface area contributed by atoms with Gasteiger partial charge in [-0.3, -0.25) is 4.79 Å². The zero-order valence-electron chi connectivity index (χ0n) is 19.0. The number of hydrogen-bond donors (Lipinski definition) is 1. The summed E-state index contributed by atoms with van der Waals surface area (Å²) < 4.78 is 58.4. The van der Waals surface area contributed by atoms with Crippen LogP contribution in [0.1, 0.15) is 24.8 Å². The second kappa shape index (κ2) is 11.0. The fraction of sp³-hybridized carbons (Fsp3) is 0.409. The summed E-state index contributed by atoms with van der Waals surface area (Å²) in [4.78, 5) is 12.8. The van der Waals surface area contributed by atoms with Crippen molar-refractivity contribution in [1.29, 1.82) is 0 Å². The Bertz CT molecular complexity index is 1250. The highest BCUT2D eigenvalue weighted by atomic mass is 35.5. The molecule has 1 amide bonds. The van der Waals surface area contributed by atoms with Crippen LogP contribution in [0.25, 0.3) is 0 Å². The number of carbonyl (C=O) groups is 1. The zero-order valence-corrected chi connectivity index (χ0v) is 21.4. The Balaban J connectivity index is 1.82. The van der Waals surface area contributed by atoms with Crippen LogP contribution in [0.2, 0.25) is 5.02 Å². The first-order valence-electron chi connectivity index (χ1n) is 10.7. The molecule has 3 rings (SSSR count). The molecule has 1 N–H and O–H groups in total. The highest BCUT2D eigenvalue weighted by Crippen LogP contribution is 2.30. The predicted octanol–water partition coefficient (Wildman–Crippen LogP) is 2.92. The number of amides is 1. The minimum Gasteiger partial charge on any atom is -0.495 e. The van der Waals surface area contributed by atoms with E-state index in [1.54, 1.807) is 24.3 Å². The molecule has 2 aromatic carbocycles. The monoisotopic (exact) mass is 529 g/mol. The highest BCUT2D eigenvalue weighted by molar-refractivity contribution is 7.89. The van der Waals surface area contributed by atoms with Gasteiger partial charge in [-0.25, -0.2) is 16.8 Å². The van der Waals surface area contributed by atoms with E-state index in [9.17, 15) is 21.6 Å². The van der Waals surface area contributed by atoms with Crippen LogP contribution in [0.3, 0.4) is 0 Å². The van der Waals surface area contributed by atoms with E-state index in [2.05, 4.69) is 5.32 Å². The molecule has 12 heteroatoms. The van der Waals surface area contributed by atoms with Crippen LogP contribution in [0, 0.1) is 0 Å². The molecular weight excluding hydrogens is 502 g/mol. The maximum Gasteiger partial charge on any atom is 0.243 e. The molecule has 9 nitrogen and oxygen atoms in total. The number of sulfonamides is 2. The molecule has 0 radical (unpaired) electrons. The Labute approximate surface area is 205 Å². The first kappa shape index (κ1) is 26.4. The van der Waals surface area contributed by atoms with Crippen molar-refractivity contribution in [2.45, 2.75) is 30.7 Å². The van der Waals surface area contributed by atoms with Gasteiger partial charge in [-0.05, 0) is 42.7 Å². The number of ether oxygens (including phenoxy) is 1. The largest absolute Gasteiger partial charge is 0.495 e. The van der Waals surface area contributed by atoms with Crippen molar-refractivity contribution in [2.75, 3.05) is 38.3 Å². The van der Waals surface area contributed by atoms with Gasteiger partial charge in [0.2, 0.25) is 26.0 Å². The molecule has 1 aliphatic rings. The van der Waals surface area contributed by atoms with E-state index in [1.807, 2.05) is 0 Å². The molecule has 0 spiro atoms. The summed E-state index contributed by atoms with van der Waals surface area (Å²) in [6, 6.07) is 11.0. The highest BCUT2D eigenvalue weighted by Gasteiger charge is 2.27. The molecule has 0 atom stereocenters. The number of nitrogens with zero attached hydrogens (tertiary/aromatic N) is 2. The molecule has 0 aliphatic carbocycles. The lowest BCUT2D eigenvalue weighted by Gasteiger charge is -2.26. The summed E-state index contributed by atoms with van der Waals surface area (Å²) in [5.41, 5.74) is 0.686. The lowest BCUT2D eigenvalue weighted by Crippen LogP contribution is -2.37. The summed E-state index contributed by atoms with van der Waals surface area (Å²) in [5.74, 6) is -0.397. The lowest BCUT2D eigenvalue weighted by molar-refractivity contribution is -0.116. The van der Waals surface area contributed by atoms with Gasteiger partial charge in [0, 0.05) is 24.7 Å². The smallest absolute Gasteiger partial charge is 0.243 e. The minimum absolute atomic E-state index is 0.0292. The summed E-state index contributed by atoms with van der Waals surface area (Å²) in [5, 5.41) is 2.98. The Morgan fingerprint density at radius 3 is 2.38 bits per heavy atom. The molecule has 0 saturated carbocycles. The fourth-order valence-electron chi connectivity index (χ4n) is 3.66. The van der Waals surface area contributed by atoms with Crippen LogP contribution in [-0.4, -0.2) is 64.4 Å². The second-order valence-electron chi connectivity index (χ2n) is 8.00. The minimum atomic E-state index is -3.75. The van der Waals surface area contributed by atoms with Crippen molar-refractivity contribution in [1.82, 2.24) is 8.61 Å². The Hall–Kier alpha value is -2.18. The molecule has 1 aliphatic heterocycles. The van der Waals surface area contributed by atoms with Crippen LogP contribution >= 0.6 is 11.6 Å². The average Bonchev–Trinajstić information content (AvgIpc) is 2.80. The average molecular weight is 530 g/mol. The van der Waals surface area contributed by atoms with Crippen molar-refractivity contribution >= 4 is 43.2 Å². The van der Waals surface area contributed by atoms with Gasteiger partial charge >= 0.3 is 0 Å².